The molecule has 1 saturated heterocycles. The zero-order valence-corrected chi connectivity index (χ0v) is 13.0. The maximum absolute atomic E-state index is 12.7. The Bertz CT molecular complexity index is 439. The van der Waals surface area contributed by atoms with E-state index in [0.717, 1.165) is 19.4 Å². The third kappa shape index (κ3) is 2.77. The third-order valence-corrected chi connectivity index (χ3v) is 5.50. The molecule has 2 unspecified atom stereocenters. The van der Waals surface area contributed by atoms with E-state index in [1.165, 1.54) is 30.6 Å². The van der Waals surface area contributed by atoms with Crippen LogP contribution in [0.15, 0.2) is 17.5 Å². The lowest BCUT2D eigenvalue weighted by Crippen LogP contribution is -2.34. The van der Waals surface area contributed by atoms with Crippen LogP contribution in [0, 0.1) is 5.92 Å². The molecule has 2 aliphatic rings. The lowest BCUT2D eigenvalue weighted by Gasteiger charge is -2.26. The molecule has 1 saturated carbocycles. The monoisotopic (exact) mass is 292 g/mol. The molecule has 20 heavy (non-hydrogen) atoms. The van der Waals surface area contributed by atoms with Crippen LogP contribution in [0.1, 0.15) is 56.5 Å². The highest BCUT2D eigenvalue weighted by atomic mass is 32.1. The van der Waals surface area contributed by atoms with Crippen molar-refractivity contribution in [2.45, 2.75) is 57.7 Å². The summed E-state index contributed by atoms with van der Waals surface area (Å²) in [6.07, 6.45) is 7.36. The molecular weight excluding hydrogens is 268 g/mol. The van der Waals surface area contributed by atoms with Crippen molar-refractivity contribution in [2.75, 3.05) is 6.54 Å². The van der Waals surface area contributed by atoms with Crippen molar-refractivity contribution >= 4 is 17.2 Å². The first-order valence-corrected chi connectivity index (χ1v) is 8.77. The largest absolute Gasteiger partial charge is 0.320 e. The number of thiophene rings is 1. The lowest BCUT2D eigenvalue weighted by molar-refractivity contribution is -0.130. The number of amides is 1. The second-order valence-electron chi connectivity index (χ2n) is 6.07. The van der Waals surface area contributed by atoms with Crippen molar-refractivity contribution in [3.8, 4) is 0 Å². The maximum Gasteiger partial charge on any atom is 0.241 e. The molecule has 3 nitrogen and oxygen atoms in total. The first-order chi connectivity index (χ1) is 9.79. The maximum atomic E-state index is 12.7. The Morgan fingerprint density at radius 2 is 2.20 bits per heavy atom. The Hall–Kier alpha value is -0.870. The molecule has 0 aromatic carbocycles. The molecule has 0 spiro atoms. The summed E-state index contributed by atoms with van der Waals surface area (Å²) >= 11 is 1.75. The highest BCUT2D eigenvalue weighted by Crippen LogP contribution is 2.33. The van der Waals surface area contributed by atoms with E-state index in [-0.39, 0.29) is 12.2 Å². The molecule has 110 valence electrons. The van der Waals surface area contributed by atoms with E-state index >= 15 is 0 Å². The van der Waals surface area contributed by atoms with E-state index in [0.29, 0.717) is 11.8 Å². The van der Waals surface area contributed by atoms with Gasteiger partial charge in [-0.1, -0.05) is 32.3 Å². The Morgan fingerprint density at radius 1 is 1.40 bits per heavy atom. The number of nitrogens with zero attached hydrogens (tertiary/aromatic N) is 1. The number of carbonyl (C=O) groups is 1. The number of hydrogen-bond acceptors (Lipinski definition) is 3. The van der Waals surface area contributed by atoms with Crippen LogP contribution in [-0.2, 0) is 4.79 Å². The molecule has 1 N–H and O–H groups in total. The van der Waals surface area contributed by atoms with E-state index < -0.39 is 0 Å². The molecular formula is C16H24N2OS. The van der Waals surface area contributed by atoms with Gasteiger partial charge >= 0.3 is 0 Å². The van der Waals surface area contributed by atoms with Crippen LogP contribution in [0.4, 0.5) is 0 Å². The topological polar surface area (TPSA) is 32.3 Å². The Morgan fingerprint density at radius 3 is 2.85 bits per heavy atom. The molecule has 1 aliphatic heterocycles. The lowest BCUT2D eigenvalue weighted by atomic mass is 10.1. The molecule has 2 atom stereocenters. The second-order valence-corrected chi connectivity index (χ2v) is 7.05. The molecule has 2 heterocycles. The summed E-state index contributed by atoms with van der Waals surface area (Å²) in [4.78, 5) is 16.0. The zero-order valence-electron chi connectivity index (χ0n) is 12.2. The van der Waals surface area contributed by atoms with Gasteiger partial charge in [-0.2, -0.15) is 0 Å². The van der Waals surface area contributed by atoms with Crippen LogP contribution >= 0.6 is 11.3 Å². The fourth-order valence-electron chi connectivity index (χ4n) is 3.52. The van der Waals surface area contributed by atoms with Crippen LogP contribution in [0.25, 0.3) is 0 Å². The SMILES string of the molecule is CCCC1NC(c2cccs2)N(CC2CCCC2)C1=O. The smallest absolute Gasteiger partial charge is 0.241 e. The van der Waals surface area contributed by atoms with Crippen molar-refractivity contribution < 1.29 is 4.79 Å². The van der Waals surface area contributed by atoms with Gasteiger partial charge in [0.05, 0.1) is 6.04 Å². The average molecular weight is 292 g/mol. The van der Waals surface area contributed by atoms with Gasteiger partial charge in [0.1, 0.15) is 6.17 Å². The van der Waals surface area contributed by atoms with Gasteiger partial charge in [-0.25, -0.2) is 0 Å². The predicted molar refractivity (Wildman–Crippen MR) is 82.6 cm³/mol. The highest BCUT2D eigenvalue weighted by molar-refractivity contribution is 7.10. The minimum absolute atomic E-state index is 0.0218. The Balaban J connectivity index is 1.76. The summed E-state index contributed by atoms with van der Waals surface area (Å²) < 4.78 is 0. The normalized spacial score (nSPS) is 27.6. The van der Waals surface area contributed by atoms with Gasteiger partial charge in [-0.15, -0.1) is 11.3 Å². The van der Waals surface area contributed by atoms with Crippen LogP contribution in [0.3, 0.4) is 0 Å². The van der Waals surface area contributed by atoms with Crippen molar-refractivity contribution in [2.24, 2.45) is 5.92 Å². The fraction of sp³-hybridized carbons (Fsp3) is 0.688. The summed E-state index contributed by atoms with van der Waals surface area (Å²) in [5.41, 5.74) is 0. The minimum Gasteiger partial charge on any atom is -0.320 e. The molecule has 1 amide bonds. The number of nitrogens with one attached hydrogen (secondary N) is 1. The van der Waals surface area contributed by atoms with Gasteiger partial charge in [0.15, 0.2) is 0 Å². The van der Waals surface area contributed by atoms with Gasteiger partial charge in [0.25, 0.3) is 0 Å². The van der Waals surface area contributed by atoms with E-state index in [1.807, 2.05) is 0 Å². The standard InChI is InChI=1S/C16H24N2OS/c1-2-6-13-16(19)18(11-12-7-3-4-8-12)15(17-13)14-9-5-10-20-14/h5,9-10,12-13,15,17H,2-4,6-8,11H2,1H3. The van der Waals surface area contributed by atoms with Gasteiger partial charge in [-0.05, 0) is 36.6 Å². The summed E-state index contributed by atoms with van der Waals surface area (Å²) in [5, 5.41) is 5.65. The van der Waals surface area contributed by atoms with Crippen LogP contribution < -0.4 is 5.32 Å². The zero-order chi connectivity index (χ0) is 13.9. The molecule has 0 radical (unpaired) electrons. The Labute approximate surface area is 125 Å². The van der Waals surface area contributed by atoms with Gasteiger partial charge < -0.3 is 4.90 Å². The van der Waals surface area contributed by atoms with Gasteiger partial charge in [0, 0.05) is 11.4 Å². The van der Waals surface area contributed by atoms with Crippen molar-refractivity contribution in [1.82, 2.24) is 10.2 Å². The number of rotatable bonds is 5. The van der Waals surface area contributed by atoms with E-state index in [9.17, 15) is 4.79 Å². The van der Waals surface area contributed by atoms with Crippen LogP contribution in [0.5, 0.6) is 0 Å². The average Bonchev–Trinajstić information content (AvgIpc) is 3.16. The van der Waals surface area contributed by atoms with Crippen molar-refractivity contribution in [3.63, 3.8) is 0 Å². The summed E-state index contributed by atoms with van der Waals surface area (Å²) in [6, 6.07) is 4.24. The molecule has 1 aromatic rings. The first-order valence-electron chi connectivity index (χ1n) is 7.89. The number of carbonyl (C=O) groups excluding carboxylic acids is 1. The molecule has 1 aliphatic carbocycles. The first kappa shape index (κ1) is 14.1. The van der Waals surface area contributed by atoms with E-state index in [1.54, 1.807) is 11.3 Å². The van der Waals surface area contributed by atoms with E-state index in [4.69, 9.17) is 0 Å². The van der Waals surface area contributed by atoms with Crippen molar-refractivity contribution in [3.05, 3.63) is 22.4 Å². The molecule has 3 rings (SSSR count). The summed E-state index contributed by atoms with van der Waals surface area (Å²) in [5.74, 6) is 1.03. The van der Waals surface area contributed by atoms with Crippen molar-refractivity contribution in [1.29, 1.82) is 0 Å². The van der Waals surface area contributed by atoms with E-state index in [2.05, 4.69) is 34.7 Å². The fourth-order valence-corrected chi connectivity index (χ4v) is 4.32. The molecule has 4 heteroatoms. The Kier molecular flexibility index (Phi) is 4.41. The van der Waals surface area contributed by atoms with Crippen LogP contribution in [-0.4, -0.2) is 23.4 Å². The van der Waals surface area contributed by atoms with Gasteiger partial charge in [-0.3, -0.25) is 10.1 Å². The summed E-state index contributed by atoms with van der Waals surface area (Å²) in [6.45, 7) is 3.09. The highest BCUT2D eigenvalue weighted by Gasteiger charge is 2.40. The third-order valence-electron chi connectivity index (χ3n) is 4.57. The quantitative estimate of drug-likeness (QED) is 0.900. The molecule has 2 fully saturated rings. The predicted octanol–water partition coefficient (Wildman–Crippen LogP) is 3.54. The van der Waals surface area contributed by atoms with Gasteiger partial charge in [0.2, 0.25) is 5.91 Å². The summed E-state index contributed by atoms with van der Waals surface area (Å²) in [7, 11) is 0. The molecule has 0 bridgehead atoms. The second kappa shape index (κ2) is 6.27. The number of hydrogen-bond donors (Lipinski definition) is 1. The minimum atomic E-state index is 0.0218. The van der Waals surface area contributed by atoms with Crippen LogP contribution in [0.2, 0.25) is 0 Å². The molecule has 1 aromatic heterocycles.